The summed E-state index contributed by atoms with van der Waals surface area (Å²) < 4.78 is 6.20. The van der Waals surface area contributed by atoms with Gasteiger partial charge in [-0.3, -0.25) is 4.79 Å². The van der Waals surface area contributed by atoms with Crippen molar-refractivity contribution in [2.24, 2.45) is 0 Å². The first-order valence-electron chi connectivity index (χ1n) is 5.88. The molecule has 2 aromatic heterocycles. The zero-order valence-corrected chi connectivity index (χ0v) is 11.6. The number of amides is 1. The predicted molar refractivity (Wildman–Crippen MR) is 74.0 cm³/mol. The van der Waals surface area contributed by atoms with Crippen LogP contribution in [0.4, 0.5) is 0 Å². The fourth-order valence-corrected chi connectivity index (χ4v) is 2.47. The van der Waals surface area contributed by atoms with E-state index in [1.807, 2.05) is 35.2 Å². The number of esters is 1. The average molecular weight is 294 g/mol. The molecule has 1 atom stereocenters. The Balaban J connectivity index is 2.04. The van der Waals surface area contributed by atoms with Crippen LogP contribution in [0.1, 0.15) is 9.67 Å². The first kappa shape index (κ1) is 14.3. The molecule has 0 radical (unpaired) electrons. The molecule has 0 aliphatic rings. The maximum atomic E-state index is 12.1. The van der Waals surface area contributed by atoms with E-state index in [1.165, 1.54) is 18.4 Å². The number of carbonyl (C=O) groups is 2. The average Bonchev–Trinajstić information content (AvgIpc) is 3.12. The number of hydrogen-bond donors (Lipinski definition) is 2. The molecule has 20 heavy (non-hydrogen) atoms. The fraction of sp³-hybridized carbons (Fsp3) is 0.231. The molecular formula is C13H14N2O4S. The number of aliphatic hydroxyl groups excluding tert-OH is 1. The molecule has 1 unspecified atom stereocenters. The summed E-state index contributed by atoms with van der Waals surface area (Å²) in [6.45, 7) is -0.186. The molecule has 0 bridgehead atoms. The highest BCUT2D eigenvalue weighted by molar-refractivity contribution is 7.12. The van der Waals surface area contributed by atoms with Crippen molar-refractivity contribution in [3.8, 4) is 5.69 Å². The van der Waals surface area contributed by atoms with Crippen molar-refractivity contribution in [3.05, 3.63) is 40.8 Å². The number of hydrogen-bond acceptors (Lipinski definition) is 5. The van der Waals surface area contributed by atoms with E-state index < -0.39 is 12.1 Å². The normalized spacial score (nSPS) is 11.9. The van der Waals surface area contributed by atoms with Gasteiger partial charge in [-0.25, -0.2) is 4.79 Å². The Hall–Kier alpha value is -2.12. The second-order valence-electron chi connectivity index (χ2n) is 3.97. The quantitative estimate of drug-likeness (QED) is 0.799. The lowest BCUT2D eigenvalue weighted by Crippen LogP contribution is -2.37. The molecule has 6 nitrogen and oxygen atoms in total. The van der Waals surface area contributed by atoms with Crippen LogP contribution in [-0.2, 0) is 9.53 Å². The lowest BCUT2D eigenvalue weighted by molar-refractivity contribution is -0.149. The van der Waals surface area contributed by atoms with Gasteiger partial charge in [0, 0.05) is 12.4 Å². The van der Waals surface area contributed by atoms with Gasteiger partial charge in [-0.2, -0.15) is 0 Å². The SMILES string of the molecule is COC(=O)C(O)CNC(=O)c1sccc1-n1cccc1. The summed E-state index contributed by atoms with van der Waals surface area (Å²) in [6.07, 6.45) is 2.31. The number of aliphatic hydroxyl groups is 1. The van der Waals surface area contributed by atoms with E-state index in [0.717, 1.165) is 5.69 Å². The van der Waals surface area contributed by atoms with Crippen molar-refractivity contribution in [2.75, 3.05) is 13.7 Å². The summed E-state index contributed by atoms with van der Waals surface area (Å²) in [7, 11) is 1.18. The molecule has 7 heteroatoms. The van der Waals surface area contributed by atoms with E-state index in [2.05, 4.69) is 10.1 Å². The number of carbonyl (C=O) groups excluding carboxylic acids is 2. The van der Waals surface area contributed by atoms with Crippen LogP contribution in [0.5, 0.6) is 0 Å². The zero-order valence-electron chi connectivity index (χ0n) is 10.8. The monoisotopic (exact) mass is 294 g/mol. The van der Waals surface area contributed by atoms with E-state index >= 15 is 0 Å². The van der Waals surface area contributed by atoms with Gasteiger partial charge in [0.2, 0.25) is 0 Å². The van der Waals surface area contributed by atoms with Gasteiger partial charge in [0.25, 0.3) is 5.91 Å². The Kier molecular flexibility index (Phi) is 4.54. The van der Waals surface area contributed by atoms with E-state index in [1.54, 1.807) is 5.38 Å². The Morgan fingerprint density at radius 3 is 2.80 bits per heavy atom. The van der Waals surface area contributed by atoms with Gasteiger partial charge >= 0.3 is 5.97 Å². The molecule has 0 saturated heterocycles. The minimum atomic E-state index is -1.36. The van der Waals surface area contributed by atoms with E-state index in [9.17, 15) is 14.7 Å². The summed E-state index contributed by atoms with van der Waals surface area (Å²) in [6, 6.07) is 5.55. The van der Waals surface area contributed by atoms with Crippen LogP contribution in [0.15, 0.2) is 36.0 Å². The van der Waals surface area contributed by atoms with Crippen LogP contribution in [0, 0.1) is 0 Å². The van der Waals surface area contributed by atoms with Crippen LogP contribution < -0.4 is 5.32 Å². The highest BCUT2D eigenvalue weighted by atomic mass is 32.1. The lowest BCUT2D eigenvalue weighted by atomic mass is 10.3. The van der Waals surface area contributed by atoms with Crippen molar-refractivity contribution < 1.29 is 19.4 Å². The second-order valence-corrected chi connectivity index (χ2v) is 4.89. The van der Waals surface area contributed by atoms with E-state index in [4.69, 9.17) is 0 Å². The highest BCUT2D eigenvalue weighted by Gasteiger charge is 2.19. The predicted octanol–water partition coefficient (Wildman–Crippen LogP) is 0.802. The molecular weight excluding hydrogens is 280 g/mol. The molecule has 2 aromatic rings. The number of methoxy groups -OCH3 is 1. The number of nitrogens with zero attached hydrogens (tertiary/aromatic N) is 1. The summed E-state index contributed by atoms with van der Waals surface area (Å²) >= 11 is 1.29. The molecule has 2 heterocycles. The molecule has 0 spiro atoms. The van der Waals surface area contributed by atoms with Gasteiger partial charge in [0.05, 0.1) is 19.3 Å². The van der Waals surface area contributed by atoms with Crippen LogP contribution in [0.3, 0.4) is 0 Å². The van der Waals surface area contributed by atoms with Gasteiger partial charge < -0.3 is 19.7 Å². The third-order valence-corrected chi connectivity index (χ3v) is 3.56. The van der Waals surface area contributed by atoms with Gasteiger partial charge in [-0.05, 0) is 23.6 Å². The molecule has 0 aromatic carbocycles. The van der Waals surface area contributed by atoms with Crippen molar-refractivity contribution in [1.29, 1.82) is 0 Å². The van der Waals surface area contributed by atoms with Gasteiger partial charge in [-0.1, -0.05) is 0 Å². The van der Waals surface area contributed by atoms with Crippen LogP contribution in [-0.4, -0.2) is 41.3 Å². The highest BCUT2D eigenvalue weighted by Crippen LogP contribution is 2.21. The van der Waals surface area contributed by atoms with Gasteiger partial charge in [-0.15, -0.1) is 11.3 Å². The molecule has 2 N–H and O–H groups in total. The first-order chi connectivity index (χ1) is 9.63. The molecule has 1 amide bonds. The zero-order chi connectivity index (χ0) is 14.5. The summed E-state index contributed by atoms with van der Waals surface area (Å²) in [5.74, 6) is -1.12. The maximum Gasteiger partial charge on any atom is 0.336 e. The Morgan fingerprint density at radius 2 is 2.15 bits per heavy atom. The fourth-order valence-electron chi connectivity index (χ4n) is 1.66. The lowest BCUT2D eigenvalue weighted by Gasteiger charge is -2.10. The molecule has 0 aliphatic carbocycles. The van der Waals surface area contributed by atoms with Gasteiger partial charge in [0.1, 0.15) is 4.88 Å². The Labute approximate surface area is 119 Å². The first-order valence-corrected chi connectivity index (χ1v) is 6.76. The molecule has 0 aliphatic heterocycles. The number of rotatable bonds is 5. The van der Waals surface area contributed by atoms with E-state index in [-0.39, 0.29) is 12.5 Å². The maximum absolute atomic E-state index is 12.1. The largest absolute Gasteiger partial charge is 0.467 e. The third-order valence-electron chi connectivity index (χ3n) is 2.66. The Bertz CT molecular complexity index is 591. The molecule has 2 rings (SSSR count). The van der Waals surface area contributed by atoms with Crippen molar-refractivity contribution in [3.63, 3.8) is 0 Å². The third kappa shape index (κ3) is 3.06. The second kappa shape index (κ2) is 6.36. The summed E-state index contributed by atoms with van der Waals surface area (Å²) in [5, 5.41) is 13.7. The molecule has 106 valence electrons. The molecule has 0 fully saturated rings. The number of thiophene rings is 1. The van der Waals surface area contributed by atoms with Crippen molar-refractivity contribution in [2.45, 2.75) is 6.10 Å². The summed E-state index contributed by atoms with van der Waals surface area (Å²) in [5.41, 5.74) is 0.755. The number of ether oxygens (including phenoxy) is 1. The minimum absolute atomic E-state index is 0.186. The molecule has 0 saturated carbocycles. The topological polar surface area (TPSA) is 80.6 Å². The van der Waals surface area contributed by atoms with Crippen molar-refractivity contribution in [1.82, 2.24) is 9.88 Å². The number of aromatic nitrogens is 1. The van der Waals surface area contributed by atoms with Crippen molar-refractivity contribution >= 4 is 23.2 Å². The van der Waals surface area contributed by atoms with Gasteiger partial charge in [0.15, 0.2) is 6.10 Å². The van der Waals surface area contributed by atoms with Crippen LogP contribution >= 0.6 is 11.3 Å². The number of nitrogens with one attached hydrogen (secondary N) is 1. The van der Waals surface area contributed by atoms with E-state index in [0.29, 0.717) is 4.88 Å². The minimum Gasteiger partial charge on any atom is -0.467 e. The van der Waals surface area contributed by atoms with Crippen LogP contribution in [0.25, 0.3) is 5.69 Å². The summed E-state index contributed by atoms with van der Waals surface area (Å²) in [4.78, 5) is 23.6. The smallest absolute Gasteiger partial charge is 0.336 e. The Morgan fingerprint density at radius 1 is 1.45 bits per heavy atom. The van der Waals surface area contributed by atoms with Crippen LogP contribution in [0.2, 0.25) is 0 Å². The standard InChI is InChI=1S/C13H14N2O4S/c1-19-13(18)10(16)8-14-12(17)11-9(4-7-20-11)15-5-2-3-6-15/h2-7,10,16H,8H2,1H3,(H,14,17).